The Kier molecular flexibility index (Phi) is 3.79. The lowest BCUT2D eigenvalue weighted by Crippen LogP contribution is -2.24. The first kappa shape index (κ1) is 13.3. The van der Waals surface area contributed by atoms with E-state index >= 15 is 0 Å². The molecule has 1 unspecified atom stereocenters. The molecule has 0 saturated carbocycles. The Morgan fingerprint density at radius 1 is 1.30 bits per heavy atom. The van der Waals surface area contributed by atoms with Gasteiger partial charge in [0.15, 0.2) is 0 Å². The van der Waals surface area contributed by atoms with E-state index in [4.69, 9.17) is 9.15 Å². The Bertz CT molecular complexity index is 588. The summed E-state index contributed by atoms with van der Waals surface area (Å²) in [6.07, 6.45) is 3.95. The number of ether oxygens (including phenoxy) is 1. The highest BCUT2D eigenvalue weighted by atomic mass is 16.5. The number of nitrogens with one attached hydrogen (secondary N) is 1. The molecule has 0 aliphatic carbocycles. The Morgan fingerprint density at radius 2 is 2.20 bits per heavy atom. The van der Waals surface area contributed by atoms with Crippen molar-refractivity contribution in [3.8, 4) is 5.75 Å². The summed E-state index contributed by atoms with van der Waals surface area (Å²) < 4.78 is 11.6. The van der Waals surface area contributed by atoms with Crippen LogP contribution in [0.25, 0.3) is 0 Å². The molecule has 0 saturated heterocycles. The summed E-state index contributed by atoms with van der Waals surface area (Å²) >= 11 is 0. The van der Waals surface area contributed by atoms with Crippen molar-refractivity contribution in [2.24, 2.45) is 0 Å². The predicted octanol–water partition coefficient (Wildman–Crippen LogP) is 3.61. The molecule has 0 bridgehead atoms. The zero-order valence-electron chi connectivity index (χ0n) is 12.1. The number of fused-ring (bicyclic) bond motifs is 1. The Balaban J connectivity index is 2.06. The molecule has 1 atom stereocenters. The number of benzene rings is 1. The zero-order valence-corrected chi connectivity index (χ0v) is 12.1. The molecule has 1 aliphatic heterocycles. The second-order valence-corrected chi connectivity index (χ2v) is 5.25. The monoisotopic (exact) mass is 271 g/mol. The average molecular weight is 271 g/mol. The first-order valence-corrected chi connectivity index (χ1v) is 7.33. The number of furan rings is 1. The molecule has 3 heteroatoms. The first-order chi connectivity index (χ1) is 9.81. The van der Waals surface area contributed by atoms with Crippen LogP contribution in [0, 0.1) is 6.92 Å². The fraction of sp³-hybridized carbons (Fsp3) is 0.412. The standard InChI is InChI=1S/C17H21NO2/c1-3-18-15(16-12(2)9-11-20-16)14-8-4-6-13-7-5-10-19-17(13)14/h4,6,8-9,11,15,18H,3,5,7,10H2,1-2H3. The van der Waals surface area contributed by atoms with Gasteiger partial charge >= 0.3 is 0 Å². The van der Waals surface area contributed by atoms with Gasteiger partial charge in [0.25, 0.3) is 0 Å². The topological polar surface area (TPSA) is 34.4 Å². The smallest absolute Gasteiger partial charge is 0.128 e. The van der Waals surface area contributed by atoms with Crippen LogP contribution in [0.4, 0.5) is 0 Å². The van der Waals surface area contributed by atoms with Crippen LogP contribution < -0.4 is 10.1 Å². The average Bonchev–Trinajstić information content (AvgIpc) is 2.90. The van der Waals surface area contributed by atoms with Gasteiger partial charge < -0.3 is 14.5 Å². The van der Waals surface area contributed by atoms with E-state index in [1.807, 2.05) is 6.07 Å². The number of hydrogen-bond donors (Lipinski definition) is 1. The highest BCUT2D eigenvalue weighted by Gasteiger charge is 2.24. The van der Waals surface area contributed by atoms with Crippen LogP contribution in [0.15, 0.2) is 34.9 Å². The normalized spacial score (nSPS) is 15.5. The van der Waals surface area contributed by atoms with Crippen molar-refractivity contribution in [2.45, 2.75) is 32.7 Å². The molecule has 1 N–H and O–H groups in total. The molecule has 3 rings (SSSR count). The molecule has 0 amide bonds. The number of para-hydroxylation sites is 1. The van der Waals surface area contributed by atoms with Gasteiger partial charge in [-0.15, -0.1) is 0 Å². The molecule has 106 valence electrons. The van der Waals surface area contributed by atoms with E-state index in [1.54, 1.807) is 6.26 Å². The fourth-order valence-electron chi connectivity index (χ4n) is 2.87. The first-order valence-electron chi connectivity index (χ1n) is 7.33. The van der Waals surface area contributed by atoms with E-state index in [0.29, 0.717) is 0 Å². The van der Waals surface area contributed by atoms with Crippen molar-refractivity contribution in [1.29, 1.82) is 0 Å². The molecular formula is C17H21NO2. The summed E-state index contributed by atoms with van der Waals surface area (Å²) in [6.45, 7) is 5.88. The van der Waals surface area contributed by atoms with Gasteiger partial charge in [-0.05, 0) is 43.5 Å². The molecule has 1 aromatic carbocycles. The van der Waals surface area contributed by atoms with Crippen molar-refractivity contribution < 1.29 is 9.15 Å². The van der Waals surface area contributed by atoms with E-state index in [0.717, 1.165) is 37.5 Å². The summed E-state index contributed by atoms with van der Waals surface area (Å²) in [7, 11) is 0. The molecule has 2 heterocycles. The van der Waals surface area contributed by atoms with Gasteiger partial charge in [0.1, 0.15) is 11.5 Å². The molecular weight excluding hydrogens is 250 g/mol. The Labute approximate surface area is 119 Å². The van der Waals surface area contributed by atoms with Crippen LogP contribution in [0.2, 0.25) is 0 Å². The summed E-state index contributed by atoms with van der Waals surface area (Å²) in [5.74, 6) is 2.02. The third kappa shape index (κ3) is 2.34. The van der Waals surface area contributed by atoms with Gasteiger partial charge in [-0.1, -0.05) is 25.1 Å². The van der Waals surface area contributed by atoms with Gasteiger partial charge in [0.2, 0.25) is 0 Å². The fourth-order valence-corrected chi connectivity index (χ4v) is 2.87. The highest BCUT2D eigenvalue weighted by molar-refractivity contribution is 5.47. The molecule has 1 aromatic heterocycles. The van der Waals surface area contributed by atoms with Crippen LogP contribution in [-0.2, 0) is 6.42 Å². The van der Waals surface area contributed by atoms with Crippen molar-refractivity contribution in [3.05, 3.63) is 53.0 Å². The third-order valence-electron chi connectivity index (χ3n) is 3.85. The van der Waals surface area contributed by atoms with E-state index in [9.17, 15) is 0 Å². The third-order valence-corrected chi connectivity index (χ3v) is 3.85. The van der Waals surface area contributed by atoms with Crippen LogP contribution in [0.3, 0.4) is 0 Å². The summed E-state index contributed by atoms with van der Waals surface area (Å²) in [5.41, 5.74) is 3.66. The maximum absolute atomic E-state index is 5.94. The maximum Gasteiger partial charge on any atom is 0.128 e. The molecule has 20 heavy (non-hydrogen) atoms. The molecule has 0 radical (unpaired) electrons. The molecule has 1 aliphatic rings. The van der Waals surface area contributed by atoms with E-state index in [1.165, 1.54) is 16.7 Å². The molecule has 3 nitrogen and oxygen atoms in total. The molecule has 0 fully saturated rings. The van der Waals surface area contributed by atoms with Crippen LogP contribution >= 0.6 is 0 Å². The molecule has 2 aromatic rings. The maximum atomic E-state index is 5.94. The summed E-state index contributed by atoms with van der Waals surface area (Å²) in [5, 5.41) is 3.52. The number of hydrogen-bond acceptors (Lipinski definition) is 3. The highest BCUT2D eigenvalue weighted by Crippen LogP contribution is 2.36. The Hall–Kier alpha value is -1.74. The van der Waals surface area contributed by atoms with Gasteiger partial charge in [-0.2, -0.15) is 0 Å². The van der Waals surface area contributed by atoms with Crippen LogP contribution in [0.5, 0.6) is 5.75 Å². The predicted molar refractivity (Wildman–Crippen MR) is 79.2 cm³/mol. The summed E-state index contributed by atoms with van der Waals surface area (Å²) in [4.78, 5) is 0. The van der Waals surface area contributed by atoms with Gasteiger partial charge in [0, 0.05) is 5.56 Å². The molecule has 0 spiro atoms. The minimum atomic E-state index is 0.0584. The SMILES string of the molecule is CCNC(c1cccc2c1OCCC2)c1occc1C. The van der Waals surface area contributed by atoms with Gasteiger partial charge in [-0.3, -0.25) is 0 Å². The van der Waals surface area contributed by atoms with Gasteiger partial charge in [-0.25, -0.2) is 0 Å². The lowest BCUT2D eigenvalue weighted by atomic mass is 9.95. The van der Waals surface area contributed by atoms with Crippen LogP contribution in [-0.4, -0.2) is 13.2 Å². The minimum absolute atomic E-state index is 0.0584. The minimum Gasteiger partial charge on any atom is -0.493 e. The van der Waals surface area contributed by atoms with Crippen molar-refractivity contribution in [2.75, 3.05) is 13.2 Å². The van der Waals surface area contributed by atoms with E-state index < -0.39 is 0 Å². The number of aryl methyl sites for hydroxylation is 2. The summed E-state index contributed by atoms with van der Waals surface area (Å²) in [6, 6.07) is 8.49. The zero-order chi connectivity index (χ0) is 13.9. The van der Waals surface area contributed by atoms with Crippen molar-refractivity contribution in [3.63, 3.8) is 0 Å². The lowest BCUT2D eigenvalue weighted by molar-refractivity contribution is 0.281. The van der Waals surface area contributed by atoms with Gasteiger partial charge in [0.05, 0.1) is 18.9 Å². The van der Waals surface area contributed by atoms with E-state index in [2.05, 4.69) is 37.4 Å². The number of rotatable bonds is 4. The largest absolute Gasteiger partial charge is 0.493 e. The van der Waals surface area contributed by atoms with Crippen molar-refractivity contribution in [1.82, 2.24) is 5.32 Å². The van der Waals surface area contributed by atoms with Crippen LogP contribution in [0.1, 0.15) is 41.8 Å². The van der Waals surface area contributed by atoms with Crippen molar-refractivity contribution >= 4 is 0 Å². The Morgan fingerprint density at radius 3 is 2.95 bits per heavy atom. The lowest BCUT2D eigenvalue weighted by Gasteiger charge is -2.25. The second-order valence-electron chi connectivity index (χ2n) is 5.25. The van der Waals surface area contributed by atoms with E-state index in [-0.39, 0.29) is 6.04 Å². The quantitative estimate of drug-likeness (QED) is 0.922. The second kappa shape index (κ2) is 5.71.